The molecule has 0 bridgehead atoms. The van der Waals surface area contributed by atoms with Gasteiger partial charge in [-0.15, -0.1) is 0 Å². The van der Waals surface area contributed by atoms with E-state index in [1.54, 1.807) is 37.6 Å². The summed E-state index contributed by atoms with van der Waals surface area (Å²) in [6.07, 6.45) is 1.54. The Balaban J connectivity index is 2.38. The molecule has 0 saturated heterocycles. The standard InChI is InChI=1S/C16H18N2O3/c1-11(2)17-16(20)12-4-9-15(19)18(10-12)13-5-7-14(21-3)8-6-13/h4-11H,1-3H3,(H,17,20). The summed E-state index contributed by atoms with van der Waals surface area (Å²) < 4.78 is 6.53. The van der Waals surface area contributed by atoms with E-state index in [1.165, 1.54) is 16.7 Å². The van der Waals surface area contributed by atoms with Gasteiger partial charge in [0, 0.05) is 24.0 Å². The van der Waals surface area contributed by atoms with Crippen LogP contribution in [0.3, 0.4) is 0 Å². The van der Waals surface area contributed by atoms with Gasteiger partial charge in [0.15, 0.2) is 0 Å². The predicted octanol–water partition coefficient (Wildman–Crippen LogP) is 1.98. The first kappa shape index (κ1) is 14.8. The minimum atomic E-state index is -0.202. The van der Waals surface area contributed by atoms with Gasteiger partial charge in [-0.25, -0.2) is 0 Å². The molecule has 5 nitrogen and oxygen atoms in total. The average Bonchev–Trinajstić information content (AvgIpc) is 2.47. The summed E-state index contributed by atoms with van der Waals surface area (Å²) in [7, 11) is 1.58. The van der Waals surface area contributed by atoms with Crippen LogP contribution in [0.4, 0.5) is 0 Å². The summed E-state index contributed by atoms with van der Waals surface area (Å²) in [6, 6.07) is 10.0. The minimum Gasteiger partial charge on any atom is -0.497 e. The van der Waals surface area contributed by atoms with Crippen molar-refractivity contribution in [2.75, 3.05) is 7.11 Å². The molecule has 1 aromatic carbocycles. The van der Waals surface area contributed by atoms with Gasteiger partial charge in [0.25, 0.3) is 11.5 Å². The average molecular weight is 286 g/mol. The van der Waals surface area contributed by atoms with Gasteiger partial charge >= 0.3 is 0 Å². The van der Waals surface area contributed by atoms with Crippen LogP contribution in [0.2, 0.25) is 0 Å². The van der Waals surface area contributed by atoms with Gasteiger partial charge in [-0.3, -0.25) is 14.2 Å². The molecule has 1 N–H and O–H groups in total. The van der Waals surface area contributed by atoms with E-state index in [0.29, 0.717) is 17.0 Å². The molecule has 1 heterocycles. The highest BCUT2D eigenvalue weighted by Crippen LogP contribution is 2.14. The van der Waals surface area contributed by atoms with Gasteiger partial charge < -0.3 is 10.1 Å². The number of amides is 1. The van der Waals surface area contributed by atoms with Crippen LogP contribution in [0.1, 0.15) is 24.2 Å². The molecule has 0 unspecified atom stereocenters. The lowest BCUT2D eigenvalue weighted by atomic mass is 10.2. The molecule has 2 aromatic rings. The smallest absolute Gasteiger partial charge is 0.255 e. The van der Waals surface area contributed by atoms with Gasteiger partial charge in [0.2, 0.25) is 0 Å². The molecule has 0 radical (unpaired) electrons. The molecule has 1 amide bonds. The second-order valence-electron chi connectivity index (χ2n) is 4.95. The van der Waals surface area contributed by atoms with E-state index in [0.717, 1.165) is 0 Å². The molecular formula is C16H18N2O3. The van der Waals surface area contributed by atoms with Crippen LogP contribution in [0.5, 0.6) is 5.75 Å². The Morgan fingerprint density at radius 1 is 1.14 bits per heavy atom. The van der Waals surface area contributed by atoms with Gasteiger partial charge in [-0.1, -0.05) is 0 Å². The lowest BCUT2D eigenvalue weighted by molar-refractivity contribution is 0.0942. The molecule has 0 spiro atoms. The molecular weight excluding hydrogens is 268 g/mol. The third-order valence-electron chi connectivity index (χ3n) is 2.94. The van der Waals surface area contributed by atoms with Crippen molar-refractivity contribution in [3.8, 4) is 11.4 Å². The van der Waals surface area contributed by atoms with Gasteiger partial charge in [-0.05, 0) is 44.2 Å². The fraction of sp³-hybridized carbons (Fsp3) is 0.250. The number of carbonyl (C=O) groups is 1. The first-order valence-corrected chi connectivity index (χ1v) is 6.69. The summed E-state index contributed by atoms with van der Waals surface area (Å²) in [5.41, 5.74) is 0.931. The van der Waals surface area contributed by atoms with Crippen LogP contribution >= 0.6 is 0 Å². The highest BCUT2D eigenvalue weighted by molar-refractivity contribution is 5.94. The zero-order valence-corrected chi connectivity index (χ0v) is 12.3. The summed E-state index contributed by atoms with van der Waals surface area (Å²) in [5, 5.41) is 2.80. The van der Waals surface area contributed by atoms with Crippen molar-refractivity contribution in [3.05, 3.63) is 58.5 Å². The predicted molar refractivity (Wildman–Crippen MR) is 81.2 cm³/mol. The van der Waals surface area contributed by atoms with E-state index < -0.39 is 0 Å². The molecule has 5 heteroatoms. The zero-order chi connectivity index (χ0) is 15.4. The Hall–Kier alpha value is -2.56. The maximum atomic E-state index is 12.0. The molecule has 0 fully saturated rings. The maximum absolute atomic E-state index is 12.0. The highest BCUT2D eigenvalue weighted by atomic mass is 16.5. The third kappa shape index (κ3) is 3.51. The Bertz CT molecular complexity index is 687. The normalized spacial score (nSPS) is 10.5. The Morgan fingerprint density at radius 3 is 2.38 bits per heavy atom. The van der Waals surface area contributed by atoms with Crippen molar-refractivity contribution in [1.82, 2.24) is 9.88 Å². The van der Waals surface area contributed by atoms with E-state index in [2.05, 4.69) is 5.32 Å². The van der Waals surface area contributed by atoms with Crippen molar-refractivity contribution in [2.24, 2.45) is 0 Å². The summed E-state index contributed by atoms with van der Waals surface area (Å²) in [4.78, 5) is 24.0. The number of benzene rings is 1. The highest BCUT2D eigenvalue weighted by Gasteiger charge is 2.09. The number of nitrogens with zero attached hydrogens (tertiary/aromatic N) is 1. The van der Waals surface area contributed by atoms with Gasteiger partial charge in [0.1, 0.15) is 5.75 Å². The molecule has 0 aliphatic heterocycles. The monoisotopic (exact) mass is 286 g/mol. The molecule has 0 aliphatic rings. The summed E-state index contributed by atoms with van der Waals surface area (Å²) in [5.74, 6) is 0.507. The SMILES string of the molecule is COc1ccc(-n2cc(C(=O)NC(C)C)ccc2=O)cc1. The fourth-order valence-corrected chi connectivity index (χ4v) is 1.91. The van der Waals surface area contributed by atoms with Gasteiger partial charge in [-0.2, -0.15) is 0 Å². The molecule has 1 aromatic heterocycles. The molecule has 21 heavy (non-hydrogen) atoms. The first-order chi connectivity index (χ1) is 10.0. The van der Waals surface area contributed by atoms with Crippen LogP contribution in [0.25, 0.3) is 5.69 Å². The maximum Gasteiger partial charge on any atom is 0.255 e. The second kappa shape index (κ2) is 6.26. The number of pyridine rings is 1. The third-order valence-corrected chi connectivity index (χ3v) is 2.94. The van der Waals surface area contributed by atoms with Crippen molar-refractivity contribution >= 4 is 5.91 Å². The zero-order valence-electron chi connectivity index (χ0n) is 12.3. The van der Waals surface area contributed by atoms with Crippen molar-refractivity contribution in [3.63, 3.8) is 0 Å². The Kier molecular flexibility index (Phi) is 4.42. The fourth-order valence-electron chi connectivity index (χ4n) is 1.91. The number of nitrogens with one attached hydrogen (secondary N) is 1. The number of hydrogen-bond acceptors (Lipinski definition) is 3. The van der Waals surface area contributed by atoms with Crippen molar-refractivity contribution < 1.29 is 9.53 Å². The Labute approximate surface area is 123 Å². The summed E-state index contributed by atoms with van der Waals surface area (Å²) in [6.45, 7) is 3.77. The van der Waals surface area contributed by atoms with Crippen LogP contribution < -0.4 is 15.6 Å². The lowest BCUT2D eigenvalue weighted by Gasteiger charge is -2.11. The molecule has 0 saturated carbocycles. The first-order valence-electron chi connectivity index (χ1n) is 6.69. The van der Waals surface area contributed by atoms with Crippen molar-refractivity contribution in [1.29, 1.82) is 0 Å². The van der Waals surface area contributed by atoms with E-state index >= 15 is 0 Å². The van der Waals surface area contributed by atoms with E-state index in [-0.39, 0.29) is 17.5 Å². The van der Waals surface area contributed by atoms with Crippen LogP contribution in [-0.2, 0) is 0 Å². The second-order valence-corrected chi connectivity index (χ2v) is 4.95. The minimum absolute atomic E-state index is 0.0406. The van der Waals surface area contributed by atoms with E-state index in [4.69, 9.17) is 4.74 Å². The number of methoxy groups -OCH3 is 1. The van der Waals surface area contributed by atoms with E-state index in [9.17, 15) is 9.59 Å². The number of rotatable bonds is 4. The quantitative estimate of drug-likeness (QED) is 0.935. The molecule has 2 rings (SSSR count). The largest absolute Gasteiger partial charge is 0.497 e. The molecule has 0 atom stereocenters. The van der Waals surface area contributed by atoms with Gasteiger partial charge in [0.05, 0.1) is 12.7 Å². The molecule has 0 aliphatic carbocycles. The number of aromatic nitrogens is 1. The molecule has 110 valence electrons. The Morgan fingerprint density at radius 2 is 1.81 bits per heavy atom. The van der Waals surface area contributed by atoms with Crippen LogP contribution in [-0.4, -0.2) is 23.6 Å². The number of ether oxygens (including phenoxy) is 1. The number of hydrogen-bond donors (Lipinski definition) is 1. The van der Waals surface area contributed by atoms with Crippen LogP contribution in [0, 0.1) is 0 Å². The van der Waals surface area contributed by atoms with Crippen LogP contribution in [0.15, 0.2) is 47.4 Å². The topological polar surface area (TPSA) is 60.3 Å². The summed E-state index contributed by atoms with van der Waals surface area (Å²) >= 11 is 0. The van der Waals surface area contributed by atoms with E-state index in [1.807, 2.05) is 13.8 Å². The van der Waals surface area contributed by atoms with Crippen molar-refractivity contribution in [2.45, 2.75) is 19.9 Å². The number of carbonyl (C=O) groups excluding carboxylic acids is 1. The lowest BCUT2D eigenvalue weighted by Crippen LogP contribution is -2.31.